The molecule has 2 amide bonds. The van der Waals surface area contributed by atoms with Crippen LogP contribution in [0.25, 0.3) is 11.3 Å². The third-order valence-corrected chi connectivity index (χ3v) is 6.21. The van der Waals surface area contributed by atoms with E-state index in [-0.39, 0.29) is 29.3 Å². The number of rotatable bonds is 3. The Morgan fingerprint density at radius 2 is 1.83 bits per heavy atom. The van der Waals surface area contributed by atoms with Crippen molar-refractivity contribution in [2.24, 2.45) is 11.8 Å². The summed E-state index contributed by atoms with van der Waals surface area (Å²) < 4.78 is 18.3. The van der Waals surface area contributed by atoms with E-state index >= 15 is 0 Å². The lowest BCUT2D eigenvalue weighted by Gasteiger charge is -2.35. The molecule has 1 unspecified atom stereocenters. The number of carbonyl (C=O) groups excluding carboxylic acids is 2. The second kappa shape index (κ2) is 8.35. The van der Waals surface area contributed by atoms with Crippen LogP contribution in [0.15, 0.2) is 34.9 Å². The van der Waals surface area contributed by atoms with E-state index < -0.39 is 0 Å². The minimum absolute atomic E-state index is 0.0788. The molecule has 2 aromatic rings. The van der Waals surface area contributed by atoms with Crippen LogP contribution in [-0.4, -0.2) is 53.5 Å². The first-order valence-corrected chi connectivity index (χ1v) is 10.3. The summed E-state index contributed by atoms with van der Waals surface area (Å²) in [4.78, 5) is 29.1. The molecule has 1 aromatic carbocycles. The Balaban J connectivity index is 1.38. The van der Waals surface area contributed by atoms with Gasteiger partial charge in [0.25, 0.3) is 5.91 Å². The molecule has 0 spiro atoms. The number of likely N-dealkylation sites (tertiary alicyclic amines) is 2. The molecule has 3 heterocycles. The van der Waals surface area contributed by atoms with E-state index in [1.54, 1.807) is 23.1 Å². The fourth-order valence-corrected chi connectivity index (χ4v) is 4.46. The molecule has 29 heavy (non-hydrogen) atoms. The van der Waals surface area contributed by atoms with Crippen molar-refractivity contribution in [2.45, 2.75) is 32.1 Å². The van der Waals surface area contributed by atoms with Crippen LogP contribution in [0.4, 0.5) is 4.39 Å². The predicted molar refractivity (Wildman–Crippen MR) is 106 cm³/mol. The fourth-order valence-electron chi connectivity index (χ4n) is 4.46. The van der Waals surface area contributed by atoms with Crippen LogP contribution in [-0.2, 0) is 4.79 Å². The largest absolute Gasteiger partial charge is 0.350 e. The minimum atomic E-state index is -0.324. The molecular weight excluding hydrogens is 373 g/mol. The van der Waals surface area contributed by atoms with Gasteiger partial charge in [0.15, 0.2) is 0 Å². The van der Waals surface area contributed by atoms with Crippen molar-refractivity contribution >= 4 is 11.8 Å². The molecular formula is C22H26FN3O3. The number of carbonyl (C=O) groups is 2. The first kappa shape index (κ1) is 19.6. The highest BCUT2D eigenvalue weighted by Gasteiger charge is 2.35. The highest BCUT2D eigenvalue weighted by Crippen LogP contribution is 2.32. The number of piperidine rings is 1. The molecule has 2 aliphatic rings. The Hall–Kier alpha value is -2.70. The number of hydrogen-bond acceptors (Lipinski definition) is 4. The second-order valence-corrected chi connectivity index (χ2v) is 8.07. The molecule has 4 rings (SSSR count). The van der Waals surface area contributed by atoms with E-state index in [0.29, 0.717) is 30.3 Å². The summed E-state index contributed by atoms with van der Waals surface area (Å²) in [5, 5.41) is 3.95. The van der Waals surface area contributed by atoms with Gasteiger partial charge in [-0.15, -0.1) is 0 Å². The van der Waals surface area contributed by atoms with Gasteiger partial charge in [-0.25, -0.2) is 4.39 Å². The minimum Gasteiger partial charge on any atom is -0.350 e. The zero-order valence-corrected chi connectivity index (χ0v) is 16.6. The van der Waals surface area contributed by atoms with Crippen molar-refractivity contribution in [2.75, 3.05) is 26.7 Å². The molecule has 154 valence electrons. The summed E-state index contributed by atoms with van der Waals surface area (Å²) in [5.41, 5.74) is 1.21. The SMILES string of the molecule is CN1CCCCC(C2CCN(C(=O)c3cc(-c4ccc(F)cc4)no3)CC2)C1=O. The van der Waals surface area contributed by atoms with Gasteiger partial charge in [-0.05, 0) is 55.9 Å². The number of amides is 2. The average Bonchev–Trinajstić information content (AvgIpc) is 3.17. The maximum absolute atomic E-state index is 13.1. The number of benzene rings is 1. The van der Waals surface area contributed by atoms with Gasteiger partial charge in [0, 0.05) is 44.2 Å². The molecule has 2 aliphatic heterocycles. The molecule has 1 aromatic heterocycles. The lowest BCUT2D eigenvalue weighted by molar-refractivity contribution is -0.135. The molecule has 6 nitrogen and oxygen atoms in total. The lowest BCUT2D eigenvalue weighted by atomic mass is 9.81. The Kier molecular flexibility index (Phi) is 5.65. The molecule has 2 fully saturated rings. The van der Waals surface area contributed by atoms with Crippen molar-refractivity contribution in [1.82, 2.24) is 15.0 Å². The monoisotopic (exact) mass is 399 g/mol. The number of aromatic nitrogens is 1. The highest BCUT2D eigenvalue weighted by molar-refractivity contribution is 5.92. The van der Waals surface area contributed by atoms with Crippen molar-refractivity contribution in [3.05, 3.63) is 41.9 Å². The van der Waals surface area contributed by atoms with Crippen LogP contribution in [0.5, 0.6) is 0 Å². The van der Waals surface area contributed by atoms with E-state index in [2.05, 4.69) is 5.16 Å². The summed E-state index contributed by atoms with van der Waals surface area (Å²) in [6, 6.07) is 7.51. The zero-order valence-electron chi connectivity index (χ0n) is 16.6. The molecule has 0 bridgehead atoms. The van der Waals surface area contributed by atoms with E-state index in [1.165, 1.54) is 12.1 Å². The fraction of sp³-hybridized carbons (Fsp3) is 0.500. The van der Waals surface area contributed by atoms with Crippen molar-refractivity contribution in [3.63, 3.8) is 0 Å². The topological polar surface area (TPSA) is 66.7 Å². The van der Waals surface area contributed by atoms with Crippen molar-refractivity contribution in [3.8, 4) is 11.3 Å². The summed E-state index contributed by atoms with van der Waals surface area (Å²) in [6.45, 7) is 2.07. The first-order chi connectivity index (χ1) is 14.0. The van der Waals surface area contributed by atoms with Crippen LogP contribution < -0.4 is 0 Å². The summed E-state index contributed by atoms with van der Waals surface area (Å²) in [6.07, 6.45) is 4.76. The normalized spacial score (nSPS) is 21.3. The summed E-state index contributed by atoms with van der Waals surface area (Å²) in [5.74, 6) is 0.342. The second-order valence-electron chi connectivity index (χ2n) is 8.07. The smallest absolute Gasteiger partial charge is 0.292 e. The Bertz CT molecular complexity index is 872. The van der Waals surface area contributed by atoms with E-state index in [1.807, 2.05) is 11.9 Å². The van der Waals surface area contributed by atoms with Gasteiger partial charge >= 0.3 is 0 Å². The van der Waals surface area contributed by atoms with Gasteiger partial charge in [0.05, 0.1) is 0 Å². The number of hydrogen-bond donors (Lipinski definition) is 0. The molecule has 0 aliphatic carbocycles. The Morgan fingerprint density at radius 3 is 2.55 bits per heavy atom. The maximum Gasteiger partial charge on any atom is 0.292 e. The molecule has 2 saturated heterocycles. The van der Waals surface area contributed by atoms with Crippen LogP contribution in [0.2, 0.25) is 0 Å². The van der Waals surface area contributed by atoms with Gasteiger partial charge in [0.2, 0.25) is 11.7 Å². The number of halogens is 1. The van der Waals surface area contributed by atoms with Crippen molar-refractivity contribution < 1.29 is 18.5 Å². The third-order valence-electron chi connectivity index (χ3n) is 6.21. The summed E-state index contributed by atoms with van der Waals surface area (Å²) >= 11 is 0. The Labute approximate surface area is 169 Å². The Morgan fingerprint density at radius 1 is 1.10 bits per heavy atom. The maximum atomic E-state index is 13.1. The van der Waals surface area contributed by atoms with Crippen LogP contribution in [0.3, 0.4) is 0 Å². The molecule has 0 radical (unpaired) electrons. The van der Waals surface area contributed by atoms with Crippen LogP contribution in [0, 0.1) is 17.7 Å². The van der Waals surface area contributed by atoms with Crippen LogP contribution in [0.1, 0.15) is 42.7 Å². The van der Waals surface area contributed by atoms with Crippen molar-refractivity contribution in [1.29, 1.82) is 0 Å². The molecule has 1 atom stereocenters. The highest BCUT2D eigenvalue weighted by atomic mass is 19.1. The van der Waals surface area contributed by atoms with Gasteiger partial charge in [-0.1, -0.05) is 11.6 Å². The predicted octanol–water partition coefficient (Wildman–Crippen LogP) is 3.59. The quantitative estimate of drug-likeness (QED) is 0.791. The third kappa shape index (κ3) is 4.18. The number of nitrogens with zero attached hydrogens (tertiary/aromatic N) is 3. The zero-order chi connectivity index (χ0) is 20.4. The van der Waals surface area contributed by atoms with E-state index in [0.717, 1.165) is 38.6 Å². The van der Waals surface area contributed by atoms with E-state index in [9.17, 15) is 14.0 Å². The van der Waals surface area contributed by atoms with E-state index in [4.69, 9.17) is 4.52 Å². The van der Waals surface area contributed by atoms with Gasteiger partial charge in [0.1, 0.15) is 11.5 Å². The molecule has 0 N–H and O–H groups in total. The lowest BCUT2D eigenvalue weighted by Crippen LogP contribution is -2.43. The van der Waals surface area contributed by atoms with Gasteiger partial charge < -0.3 is 14.3 Å². The average molecular weight is 399 g/mol. The van der Waals surface area contributed by atoms with Gasteiger partial charge in [-0.2, -0.15) is 0 Å². The van der Waals surface area contributed by atoms with Gasteiger partial charge in [-0.3, -0.25) is 9.59 Å². The van der Waals surface area contributed by atoms with Crippen LogP contribution >= 0.6 is 0 Å². The first-order valence-electron chi connectivity index (χ1n) is 10.3. The standard InChI is InChI=1S/C22H26FN3O3/c1-25-11-3-2-4-18(21(25)27)15-9-12-26(13-10-15)22(28)20-14-19(24-29-20)16-5-7-17(23)8-6-16/h5-8,14-15,18H,2-4,9-13H2,1H3. The summed E-state index contributed by atoms with van der Waals surface area (Å²) in [7, 11) is 1.89. The molecule has 0 saturated carbocycles. The molecule has 7 heteroatoms.